The molecule has 0 heteroatoms. The third-order valence-corrected chi connectivity index (χ3v) is 2.80. The lowest BCUT2D eigenvalue weighted by atomic mass is 10.1. The van der Waals surface area contributed by atoms with E-state index in [2.05, 4.69) is 42.6 Å². The zero-order valence-corrected chi connectivity index (χ0v) is 10.1. The fraction of sp³-hybridized carbons (Fsp3) is 0.438. The number of hydrogen-bond donors (Lipinski definition) is 0. The van der Waals surface area contributed by atoms with E-state index in [1.807, 2.05) is 6.08 Å². The molecule has 0 N–H and O–H groups in total. The van der Waals surface area contributed by atoms with Gasteiger partial charge in [0.15, 0.2) is 0 Å². The second-order valence-corrected chi connectivity index (χ2v) is 4.20. The molecule has 0 atom stereocenters. The van der Waals surface area contributed by atoms with Crippen molar-refractivity contribution in [2.45, 2.75) is 44.9 Å². The van der Waals surface area contributed by atoms with E-state index >= 15 is 0 Å². The van der Waals surface area contributed by atoms with E-state index in [-0.39, 0.29) is 0 Å². The van der Waals surface area contributed by atoms with Crippen molar-refractivity contribution in [2.24, 2.45) is 0 Å². The Morgan fingerprint density at radius 3 is 2.38 bits per heavy atom. The molecule has 0 aliphatic carbocycles. The lowest BCUT2D eigenvalue weighted by molar-refractivity contribution is 0.618. The van der Waals surface area contributed by atoms with Crippen LogP contribution in [0.1, 0.15) is 44.1 Å². The largest absolute Gasteiger partial charge is 0.133 e. The van der Waals surface area contributed by atoms with Crippen LogP contribution < -0.4 is 0 Å². The van der Waals surface area contributed by atoms with Crippen LogP contribution in [0.2, 0.25) is 0 Å². The molecule has 0 aliphatic heterocycles. The van der Waals surface area contributed by atoms with Gasteiger partial charge in [-0.25, -0.2) is 0 Å². The minimum absolute atomic E-state index is 1.14. The molecule has 86 valence electrons. The van der Waals surface area contributed by atoms with Crippen molar-refractivity contribution in [3.63, 3.8) is 0 Å². The highest BCUT2D eigenvalue weighted by Crippen LogP contribution is 2.09. The van der Waals surface area contributed by atoms with Crippen molar-refractivity contribution in [1.29, 1.82) is 0 Å². The molecule has 16 heavy (non-hydrogen) atoms. The first kappa shape index (κ1) is 12.8. The van der Waals surface area contributed by atoms with E-state index in [1.165, 1.54) is 44.1 Å². The number of hydrogen-bond acceptors (Lipinski definition) is 0. The molecule has 0 spiro atoms. The maximum absolute atomic E-state index is 3.56. The number of allylic oxidation sites excluding steroid dienone is 1. The maximum Gasteiger partial charge on any atom is -0.0275 e. The van der Waals surface area contributed by atoms with Crippen LogP contribution in [0.4, 0.5) is 0 Å². The summed E-state index contributed by atoms with van der Waals surface area (Å²) >= 11 is 0. The van der Waals surface area contributed by atoms with E-state index in [0.717, 1.165) is 6.42 Å². The molecule has 1 aromatic carbocycles. The Morgan fingerprint density at radius 1 is 0.938 bits per heavy atom. The van der Waals surface area contributed by atoms with Crippen molar-refractivity contribution in [3.8, 4) is 0 Å². The van der Waals surface area contributed by atoms with Gasteiger partial charge in [-0.05, 0) is 37.3 Å². The van der Waals surface area contributed by atoms with Gasteiger partial charge in [0.25, 0.3) is 0 Å². The second kappa shape index (κ2) is 9.00. The molecule has 1 rings (SSSR count). The summed E-state index contributed by atoms with van der Waals surface area (Å²) in [5, 5.41) is 0. The molecule has 0 aliphatic rings. The fourth-order valence-corrected chi connectivity index (χ4v) is 1.85. The summed E-state index contributed by atoms with van der Waals surface area (Å²) in [6.45, 7) is 3.56. The van der Waals surface area contributed by atoms with E-state index in [0.29, 0.717) is 0 Å². The van der Waals surface area contributed by atoms with Crippen molar-refractivity contribution in [3.05, 3.63) is 54.3 Å². The van der Waals surface area contributed by atoms with Crippen LogP contribution in [0, 0.1) is 0 Å². The first-order valence-electron chi connectivity index (χ1n) is 6.31. The Kier molecular flexibility index (Phi) is 7.21. The van der Waals surface area contributed by atoms with Crippen LogP contribution in [0.15, 0.2) is 48.7 Å². The zero-order valence-electron chi connectivity index (χ0n) is 10.1. The minimum atomic E-state index is 1.14. The molecule has 0 amide bonds. The third kappa shape index (κ3) is 6.27. The highest BCUT2D eigenvalue weighted by Gasteiger charge is 1.92. The Morgan fingerprint density at radius 2 is 1.62 bits per heavy atom. The Hall–Kier alpha value is -1.26. The first-order valence-corrected chi connectivity index (χ1v) is 6.31. The number of benzene rings is 1. The van der Waals surface area contributed by atoms with Crippen LogP contribution in [0.3, 0.4) is 0 Å². The highest BCUT2D eigenvalue weighted by molar-refractivity contribution is 5.14. The molecule has 0 nitrogen and oxygen atoms in total. The lowest BCUT2D eigenvalue weighted by Gasteiger charge is -2.01. The molecular formula is C16H22. The van der Waals surface area contributed by atoms with E-state index in [1.54, 1.807) is 0 Å². The van der Waals surface area contributed by atoms with E-state index in [9.17, 15) is 0 Å². The van der Waals surface area contributed by atoms with E-state index < -0.39 is 0 Å². The molecule has 0 radical (unpaired) electrons. The molecule has 0 fully saturated rings. The number of aryl methyl sites for hydroxylation is 1. The van der Waals surface area contributed by atoms with Crippen molar-refractivity contribution in [2.75, 3.05) is 0 Å². The second-order valence-electron chi connectivity index (χ2n) is 4.20. The summed E-state index contributed by atoms with van der Waals surface area (Å²) in [6.07, 6.45) is 11.1. The molecule has 0 bridgehead atoms. The summed E-state index contributed by atoms with van der Waals surface area (Å²) in [5.41, 5.74) is 4.29. The zero-order chi connectivity index (χ0) is 11.5. The van der Waals surface area contributed by atoms with Crippen LogP contribution >= 0.6 is 0 Å². The third-order valence-electron chi connectivity index (χ3n) is 2.80. The number of unbranched alkanes of at least 4 members (excludes halogenated alkanes) is 5. The van der Waals surface area contributed by atoms with Crippen molar-refractivity contribution >= 4 is 0 Å². The summed E-state index contributed by atoms with van der Waals surface area (Å²) in [4.78, 5) is 0. The highest BCUT2D eigenvalue weighted by atomic mass is 14.0. The maximum atomic E-state index is 3.56. The molecular weight excluding hydrogens is 192 g/mol. The van der Waals surface area contributed by atoms with Crippen molar-refractivity contribution < 1.29 is 0 Å². The molecule has 0 aromatic heterocycles. The summed E-state index contributed by atoms with van der Waals surface area (Å²) < 4.78 is 0. The Labute approximate surface area is 99.7 Å². The standard InChI is InChI=1S/C16H22/c1-2-3-4-5-6-7-8-10-13-16-14-11-9-12-15-16/h3,9,11-12,14-15H,1,4-8,10,13H2. The van der Waals surface area contributed by atoms with Crippen LogP contribution in [0.5, 0.6) is 0 Å². The normalized spacial score (nSPS) is 9.75. The topological polar surface area (TPSA) is 0 Å². The fourth-order valence-electron chi connectivity index (χ4n) is 1.85. The van der Waals surface area contributed by atoms with E-state index in [4.69, 9.17) is 0 Å². The van der Waals surface area contributed by atoms with Crippen LogP contribution in [0.25, 0.3) is 0 Å². The smallest absolute Gasteiger partial charge is 0.0275 e. The minimum Gasteiger partial charge on any atom is -0.133 e. The van der Waals surface area contributed by atoms with Crippen molar-refractivity contribution in [1.82, 2.24) is 0 Å². The van der Waals surface area contributed by atoms with Gasteiger partial charge in [0.05, 0.1) is 0 Å². The predicted octanol–water partition coefficient (Wildman–Crippen LogP) is 4.91. The van der Waals surface area contributed by atoms with Gasteiger partial charge in [0.2, 0.25) is 0 Å². The van der Waals surface area contributed by atoms with Gasteiger partial charge in [0, 0.05) is 0 Å². The Balaban J connectivity index is 1.94. The monoisotopic (exact) mass is 214 g/mol. The van der Waals surface area contributed by atoms with Crippen LogP contribution in [-0.2, 0) is 6.42 Å². The van der Waals surface area contributed by atoms with Gasteiger partial charge in [-0.2, -0.15) is 0 Å². The quantitative estimate of drug-likeness (QED) is 0.426. The summed E-state index contributed by atoms with van der Waals surface area (Å²) in [7, 11) is 0. The first-order chi connectivity index (χ1) is 7.93. The predicted molar refractivity (Wildman–Crippen MR) is 71.6 cm³/mol. The van der Waals surface area contributed by atoms with Gasteiger partial charge in [0.1, 0.15) is 0 Å². The van der Waals surface area contributed by atoms with Gasteiger partial charge in [-0.1, -0.05) is 56.2 Å². The summed E-state index contributed by atoms with van der Waals surface area (Å²) in [6, 6.07) is 10.8. The van der Waals surface area contributed by atoms with Gasteiger partial charge >= 0.3 is 0 Å². The Bertz CT molecular complexity index is 304. The van der Waals surface area contributed by atoms with Gasteiger partial charge < -0.3 is 0 Å². The molecule has 0 saturated carbocycles. The SMILES string of the molecule is C=C=CCCCCCCCc1ccccc1. The average molecular weight is 214 g/mol. The average Bonchev–Trinajstić information content (AvgIpc) is 2.34. The summed E-state index contributed by atoms with van der Waals surface area (Å²) in [5.74, 6) is 0. The number of rotatable bonds is 8. The molecule has 0 saturated heterocycles. The van der Waals surface area contributed by atoms with Gasteiger partial charge in [-0.15, -0.1) is 5.73 Å². The van der Waals surface area contributed by atoms with Crippen LogP contribution in [-0.4, -0.2) is 0 Å². The molecule has 0 heterocycles. The molecule has 1 aromatic rings. The van der Waals surface area contributed by atoms with Gasteiger partial charge in [-0.3, -0.25) is 0 Å². The lowest BCUT2D eigenvalue weighted by Crippen LogP contribution is -1.85. The molecule has 0 unspecified atom stereocenters.